The summed E-state index contributed by atoms with van der Waals surface area (Å²) >= 11 is 0. The molecule has 0 aliphatic heterocycles. The Morgan fingerprint density at radius 3 is 0.679 bits per heavy atom. The minimum absolute atomic E-state index is 0.114. The third-order valence-corrected chi connectivity index (χ3v) is 21.0. The standard InChI is InChI=1S/C78H126N4O2/c1-7-11-15-19-23-27-31-35-39-43-47-51-55-77(56-52-48-44-40-36-32-28-24-20-16-12-8-2)67-61-66-68(62-65(67)71-69(77)59-63(5)73-75(71)81-83-79-73)78(70-60-64(6)74-76(72(66)70)82-84-80-74,57-53-49-45-41-37-33-29-25-21-17-13-9-3)58-54-50-46-42-38-34-30-26-22-18-14-10-4/h59-62H,7-58H2,1-6H3. The summed E-state index contributed by atoms with van der Waals surface area (Å²) in [6.45, 7) is 13.8. The van der Waals surface area contributed by atoms with Crippen LogP contribution in [-0.4, -0.2) is 20.6 Å². The van der Waals surface area contributed by atoms with E-state index in [1.165, 1.54) is 390 Å². The van der Waals surface area contributed by atoms with Gasteiger partial charge in [-0.3, -0.25) is 0 Å². The van der Waals surface area contributed by atoms with Crippen LogP contribution in [0.25, 0.3) is 44.3 Å². The molecule has 0 saturated carbocycles. The summed E-state index contributed by atoms with van der Waals surface area (Å²) in [4.78, 5) is 0. The summed E-state index contributed by atoms with van der Waals surface area (Å²) < 4.78 is 11.5. The van der Waals surface area contributed by atoms with Crippen molar-refractivity contribution < 1.29 is 9.26 Å². The smallest absolute Gasteiger partial charge is 0.143 e. The fourth-order valence-corrected chi connectivity index (χ4v) is 16.0. The van der Waals surface area contributed by atoms with Crippen molar-refractivity contribution >= 4 is 22.1 Å². The average Bonchev–Trinajstić information content (AvgIpc) is 1.54. The molecule has 2 heterocycles. The normalized spacial score (nSPS) is 13.9. The van der Waals surface area contributed by atoms with Crippen molar-refractivity contribution in [3.8, 4) is 22.3 Å². The Bertz CT molecular complexity index is 2330. The molecule has 0 radical (unpaired) electrons. The Morgan fingerprint density at radius 2 is 0.452 bits per heavy atom. The quantitative estimate of drug-likeness (QED) is 0.0361. The Hall–Kier alpha value is -3.54. The first-order valence-corrected chi connectivity index (χ1v) is 37.2. The van der Waals surface area contributed by atoms with Crippen molar-refractivity contribution in [2.75, 3.05) is 0 Å². The molecule has 2 aliphatic rings. The van der Waals surface area contributed by atoms with Crippen molar-refractivity contribution in [2.45, 2.75) is 386 Å². The first-order valence-electron chi connectivity index (χ1n) is 37.2. The van der Waals surface area contributed by atoms with Gasteiger partial charge in [-0.15, -0.1) is 0 Å². The van der Waals surface area contributed by atoms with E-state index in [4.69, 9.17) is 19.6 Å². The lowest BCUT2D eigenvalue weighted by atomic mass is 9.68. The number of hydrogen-bond donors (Lipinski definition) is 0. The number of hydrogen-bond acceptors (Lipinski definition) is 6. The number of benzene rings is 3. The van der Waals surface area contributed by atoms with Crippen molar-refractivity contribution in [1.29, 1.82) is 0 Å². The summed E-state index contributed by atoms with van der Waals surface area (Å²) in [5.74, 6) is 0. The molecule has 3 aromatic carbocycles. The van der Waals surface area contributed by atoms with Crippen LogP contribution in [0.4, 0.5) is 0 Å². The van der Waals surface area contributed by atoms with Crippen LogP contribution in [0.5, 0.6) is 0 Å². The monoisotopic (exact) mass is 1150 g/mol. The lowest BCUT2D eigenvalue weighted by molar-refractivity contribution is 0.315. The molecule has 0 unspecified atom stereocenters. The van der Waals surface area contributed by atoms with Crippen LogP contribution in [0.1, 0.15) is 395 Å². The van der Waals surface area contributed by atoms with Gasteiger partial charge in [0, 0.05) is 22.0 Å². The van der Waals surface area contributed by atoms with Gasteiger partial charge < -0.3 is 0 Å². The van der Waals surface area contributed by atoms with Gasteiger partial charge in [0.1, 0.15) is 22.1 Å². The summed E-state index contributed by atoms with van der Waals surface area (Å²) in [7, 11) is 0. The summed E-state index contributed by atoms with van der Waals surface area (Å²) in [5, 5.41) is 19.0. The summed E-state index contributed by atoms with van der Waals surface area (Å²) in [6, 6.07) is 10.6. The number of fused-ring (bicyclic) bond motifs is 10. The van der Waals surface area contributed by atoms with Gasteiger partial charge >= 0.3 is 0 Å². The van der Waals surface area contributed by atoms with Gasteiger partial charge in [0.05, 0.1) is 0 Å². The van der Waals surface area contributed by atoms with Gasteiger partial charge in [0.15, 0.2) is 0 Å². The largest absolute Gasteiger partial charge is 0.243 e. The second-order valence-corrected chi connectivity index (χ2v) is 27.8. The van der Waals surface area contributed by atoms with Gasteiger partial charge in [-0.25, -0.2) is 9.26 Å². The third-order valence-electron chi connectivity index (χ3n) is 21.0. The van der Waals surface area contributed by atoms with Crippen LogP contribution in [0.2, 0.25) is 0 Å². The molecule has 0 fully saturated rings. The van der Waals surface area contributed by atoms with E-state index in [9.17, 15) is 0 Å². The molecule has 0 N–H and O–H groups in total. The van der Waals surface area contributed by atoms with Crippen LogP contribution < -0.4 is 0 Å². The SMILES string of the molecule is CCCCCCCCCCCCCCC1(CCCCCCCCCCCCCC)c2cc3c(cc2-c2c1cc(C)c1nonc21)C(CCCCCCCCCCCCCC)(CCCCCCCCCCCCCC)c1cc(C)c2nonc2c1-3. The molecule has 5 aromatic rings. The predicted octanol–water partition coefficient (Wildman–Crippen LogP) is 26.3. The fourth-order valence-electron chi connectivity index (χ4n) is 16.0. The molecule has 7 rings (SSSR count). The molecule has 2 aliphatic carbocycles. The minimum atomic E-state index is -0.114. The lowest BCUT2D eigenvalue weighted by Gasteiger charge is -2.35. The van der Waals surface area contributed by atoms with Gasteiger partial charge in [-0.2, -0.15) is 0 Å². The first-order chi connectivity index (χ1) is 41.5. The first kappa shape index (κ1) is 68.0. The molecule has 2 aromatic heterocycles. The Labute approximate surface area is 515 Å². The van der Waals surface area contributed by atoms with E-state index in [1.54, 1.807) is 0 Å². The summed E-state index contributed by atoms with van der Waals surface area (Å²) in [5.41, 5.74) is 17.5. The lowest BCUT2D eigenvalue weighted by Crippen LogP contribution is -2.27. The van der Waals surface area contributed by atoms with Gasteiger partial charge in [0.2, 0.25) is 0 Å². The van der Waals surface area contributed by atoms with Gasteiger partial charge in [0.25, 0.3) is 0 Å². The third kappa shape index (κ3) is 19.2. The molecular formula is C78H126N4O2. The van der Waals surface area contributed by atoms with Crippen LogP contribution in [0.15, 0.2) is 33.5 Å². The molecule has 470 valence electrons. The van der Waals surface area contributed by atoms with Crippen molar-refractivity contribution in [1.82, 2.24) is 20.6 Å². The molecule has 0 saturated heterocycles. The van der Waals surface area contributed by atoms with Crippen LogP contribution in [0, 0.1) is 13.8 Å². The maximum Gasteiger partial charge on any atom is 0.143 e. The molecule has 0 amide bonds. The zero-order chi connectivity index (χ0) is 58.9. The minimum Gasteiger partial charge on any atom is -0.243 e. The highest BCUT2D eigenvalue weighted by Crippen LogP contribution is 2.63. The molecule has 0 bridgehead atoms. The molecule has 6 nitrogen and oxygen atoms in total. The van der Waals surface area contributed by atoms with E-state index in [0.717, 1.165) is 22.1 Å². The van der Waals surface area contributed by atoms with E-state index < -0.39 is 0 Å². The van der Waals surface area contributed by atoms with E-state index in [2.05, 4.69) is 76.1 Å². The number of unbranched alkanes of at least 4 members (excludes halogenated alkanes) is 44. The topological polar surface area (TPSA) is 77.8 Å². The number of nitrogens with zero attached hydrogens (tertiary/aromatic N) is 4. The molecule has 84 heavy (non-hydrogen) atoms. The number of aromatic nitrogens is 4. The maximum absolute atomic E-state index is 5.77. The van der Waals surface area contributed by atoms with E-state index in [0.29, 0.717) is 0 Å². The van der Waals surface area contributed by atoms with Crippen molar-refractivity contribution in [2.24, 2.45) is 0 Å². The molecule has 0 atom stereocenters. The number of aryl methyl sites for hydroxylation is 2. The van der Waals surface area contributed by atoms with Crippen LogP contribution in [-0.2, 0) is 10.8 Å². The summed E-state index contributed by atoms with van der Waals surface area (Å²) in [6.07, 6.45) is 70.4. The maximum atomic E-state index is 5.77. The van der Waals surface area contributed by atoms with Crippen LogP contribution >= 0.6 is 0 Å². The highest BCUT2D eigenvalue weighted by atomic mass is 16.6. The van der Waals surface area contributed by atoms with Crippen molar-refractivity contribution in [3.63, 3.8) is 0 Å². The Balaban J connectivity index is 1.19. The fraction of sp³-hybridized carbons (Fsp3) is 0.769. The van der Waals surface area contributed by atoms with E-state index in [-0.39, 0.29) is 10.8 Å². The van der Waals surface area contributed by atoms with Gasteiger partial charge in [-0.1, -0.05) is 348 Å². The Kier molecular flexibility index (Phi) is 31.3. The van der Waals surface area contributed by atoms with Gasteiger partial charge in [-0.05, 0) is 117 Å². The van der Waals surface area contributed by atoms with E-state index >= 15 is 0 Å². The Morgan fingerprint density at radius 1 is 0.250 bits per heavy atom. The second-order valence-electron chi connectivity index (χ2n) is 27.8. The molecule has 6 heteroatoms. The van der Waals surface area contributed by atoms with Crippen LogP contribution in [0.3, 0.4) is 0 Å². The number of rotatable bonds is 52. The highest BCUT2D eigenvalue weighted by molar-refractivity contribution is 6.04. The highest BCUT2D eigenvalue weighted by Gasteiger charge is 2.50. The van der Waals surface area contributed by atoms with Crippen molar-refractivity contribution in [3.05, 3.63) is 57.6 Å². The zero-order valence-electron chi connectivity index (χ0n) is 55.7. The zero-order valence-corrected chi connectivity index (χ0v) is 55.7. The predicted molar refractivity (Wildman–Crippen MR) is 362 cm³/mol. The molecular weight excluding hydrogens is 1020 g/mol. The average molecular weight is 1150 g/mol. The second kappa shape index (κ2) is 38.7. The molecule has 0 spiro atoms. The van der Waals surface area contributed by atoms with E-state index in [1.807, 2.05) is 0 Å².